The van der Waals surface area contributed by atoms with Crippen LogP contribution in [0.1, 0.15) is 29.6 Å². The van der Waals surface area contributed by atoms with Gasteiger partial charge in [0.2, 0.25) is 10.0 Å². The number of benzene rings is 2. The van der Waals surface area contributed by atoms with E-state index in [1.165, 1.54) is 16.4 Å². The molecule has 1 unspecified atom stereocenters. The van der Waals surface area contributed by atoms with Crippen LogP contribution in [0.15, 0.2) is 59.5 Å². The van der Waals surface area contributed by atoms with Gasteiger partial charge in [-0.1, -0.05) is 18.2 Å². The second-order valence-electron chi connectivity index (χ2n) is 7.32. The number of nitrogens with one attached hydrogen (secondary N) is 1. The van der Waals surface area contributed by atoms with E-state index in [-0.39, 0.29) is 22.3 Å². The Hall–Kier alpha value is -2.25. The van der Waals surface area contributed by atoms with Gasteiger partial charge in [0.05, 0.1) is 4.90 Å². The van der Waals surface area contributed by atoms with E-state index in [1.54, 1.807) is 12.1 Å². The second-order valence-corrected chi connectivity index (χ2v) is 9.25. The SMILES string of the molecule is O=C(NC1CC12CCN(S(=O)(=O)c1ccc(F)cc1)CC2)c1ccccc1. The molecule has 27 heavy (non-hydrogen) atoms. The number of carbonyl (C=O) groups excluding carboxylic acids is 1. The zero-order valence-corrected chi connectivity index (χ0v) is 15.6. The van der Waals surface area contributed by atoms with E-state index in [4.69, 9.17) is 0 Å². The summed E-state index contributed by atoms with van der Waals surface area (Å²) < 4.78 is 39.9. The molecule has 1 amide bonds. The Morgan fingerprint density at radius 1 is 1.04 bits per heavy atom. The molecule has 4 rings (SSSR count). The maximum atomic E-state index is 13.1. The van der Waals surface area contributed by atoms with Gasteiger partial charge in [-0.2, -0.15) is 4.31 Å². The number of amides is 1. The van der Waals surface area contributed by atoms with Crippen LogP contribution in [0.5, 0.6) is 0 Å². The van der Waals surface area contributed by atoms with Gasteiger partial charge in [-0.05, 0) is 61.1 Å². The van der Waals surface area contributed by atoms with E-state index in [0.29, 0.717) is 31.5 Å². The molecule has 1 atom stereocenters. The Morgan fingerprint density at radius 3 is 2.30 bits per heavy atom. The van der Waals surface area contributed by atoms with Crippen LogP contribution in [0.3, 0.4) is 0 Å². The molecule has 1 N–H and O–H groups in total. The molecule has 1 spiro atoms. The van der Waals surface area contributed by atoms with Crippen molar-refractivity contribution in [3.05, 3.63) is 66.0 Å². The van der Waals surface area contributed by atoms with Crippen molar-refractivity contribution < 1.29 is 17.6 Å². The predicted octanol–water partition coefficient (Wildman–Crippen LogP) is 2.80. The molecule has 2 aromatic carbocycles. The highest BCUT2D eigenvalue weighted by molar-refractivity contribution is 7.89. The lowest BCUT2D eigenvalue weighted by Crippen LogP contribution is -2.41. The van der Waals surface area contributed by atoms with E-state index in [0.717, 1.165) is 18.6 Å². The number of rotatable bonds is 4. The summed E-state index contributed by atoms with van der Waals surface area (Å²) in [4.78, 5) is 12.4. The summed E-state index contributed by atoms with van der Waals surface area (Å²) >= 11 is 0. The quantitative estimate of drug-likeness (QED) is 0.876. The lowest BCUT2D eigenvalue weighted by atomic mass is 9.94. The van der Waals surface area contributed by atoms with Crippen LogP contribution < -0.4 is 5.32 Å². The minimum absolute atomic E-state index is 0.000738. The average Bonchev–Trinajstić information content (AvgIpc) is 3.33. The summed E-state index contributed by atoms with van der Waals surface area (Å²) in [7, 11) is -3.61. The van der Waals surface area contributed by atoms with E-state index >= 15 is 0 Å². The van der Waals surface area contributed by atoms with Gasteiger partial charge >= 0.3 is 0 Å². The van der Waals surface area contributed by atoms with Gasteiger partial charge < -0.3 is 5.32 Å². The van der Waals surface area contributed by atoms with Crippen LogP contribution in [-0.2, 0) is 10.0 Å². The third-order valence-corrected chi connectivity index (χ3v) is 7.61. The molecular formula is C20H21FN2O3S. The number of halogens is 1. The molecule has 142 valence electrons. The molecule has 0 aromatic heterocycles. The summed E-state index contributed by atoms with van der Waals surface area (Å²) in [6, 6.07) is 14.1. The van der Waals surface area contributed by atoms with Gasteiger partial charge in [0, 0.05) is 24.7 Å². The summed E-state index contributed by atoms with van der Waals surface area (Å²) in [5.41, 5.74) is 0.634. The second kappa shape index (κ2) is 6.73. The summed E-state index contributed by atoms with van der Waals surface area (Å²) in [5, 5.41) is 3.07. The van der Waals surface area contributed by atoms with Crippen LogP contribution in [0.2, 0.25) is 0 Å². The first-order valence-corrected chi connectivity index (χ1v) is 10.5. The van der Waals surface area contributed by atoms with Gasteiger partial charge in [0.1, 0.15) is 5.82 Å². The van der Waals surface area contributed by atoms with Gasteiger partial charge in [-0.15, -0.1) is 0 Å². The van der Waals surface area contributed by atoms with Crippen molar-refractivity contribution in [2.45, 2.75) is 30.2 Å². The molecule has 1 aliphatic carbocycles. The molecule has 1 saturated heterocycles. The predicted molar refractivity (Wildman–Crippen MR) is 99.1 cm³/mol. The topological polar surface area (TPSA) is 66.5 Å². The Kier molecular flexibility index (Phi) is 4.52. The fraction of sp³-hybridized carbons (Fsp3) is 0.350. The van der Waals surface area contributed by atoms with Gasteiger partial charge in [-0.3, -0.25) is 4.79 Å². The monoisotopic (exact) mass is 388 g/mol. The molecule has 1 aliphatic heterocycles. The first-order chi connectivity index (χ1) is 12.9. The number of carbonyl (C=O) groups is 1. The summed E-state index contributed by atoms with van der Waals surface area (Å²) in [5.74, 6) is -0.541. The van der Waals surface area contributed by atoms with Gasteiger partial charge in [0.25, 0.3) is 5.91 Å². The van der Waals surface area contributed by atoms with E-state index in [1.807, 2.05) is 18.2 Å². The van der Waals surface area contributed by atoms with Crippen molar-refractivity contribution in [3.8, 4) is 0 Å². The highest BCUT2D eigenvalue weighted by Gasteiger charge is 2.56. The zero-order valence-electron chi connectivity index (χ0n) is 14.8. The number of sulfonamides is 1. The summed E-state index contributed by atoms with van der Waals surface area (Å²) in [6.07, 6.45) is 2.32. The first kappa shape index (κ1) is 18.1. The molecule has 0 radical (unpaired) electrons. The van der Waals surface area contributed by atoms with Crippen LogP contribution >= 0.6 is 0 Å². The van der Waals surface area contributed by atoms with Crippen LogP contribution in [0.25, 0.3) is 0 Å². The van der Waals surface area contributed by atoms with Crippen LogP contribution in [0, 0.1) is 11.2 Å². The maximum Gasteiger partial charge on any atom is 0.251 e. The fourth-order valence-corrected chi connectivity index (χ4v) is 5.30. The van der Waals surface area contributed by atoms with E-state index < -0.39 is 15.8 Å². The van der Waals surface area contributed by atoms with Crippen molar-refractivity contribution in [2.24, 2.45) is 5.41 Å². The third kappa shape index (κ3) is 3.49. The molecule has 0 bridgehead atoms. The molecule has 2 aliphatic rings. The minimum Gasteiger partial charge on any atom is -0.349 e. The smallest absolute Gasteiger partial charge is 0.251 e. The molecule has 1 saturated carbocycles. The van der Waals surface area contributed by atoms with Crippen molar-refractivity contribution >= 4 is 15.9 Å². The highest BCUT2D eigenvalue weighted by atomic mass is 32.2. The lowest BCUT2D eigenvalue weighted by molar-refractivity contribution is 0.0940. The standard InChI is InChI=1S/C20H21FN2O3S/c21-16-6-8-17(9-7-16)27(25,26)23-12-10-20(11-13-23)14-18(20)22-19(24)15-4-2-1-3-5-15/h1-9,18H,10-14H2,(H,22,24). The molecule has 2 aromatic rings. The first-order valence-electron chi connectivity index (χ1n) is 9.02. The number of hydrogen-bond acceptors (Lipinski definition) is 3. The van der Waals surface area contributed by atoms with Gasteiger partial charge in [0.15, 0.2) is 0 Å². The van der Waals surface area contributed by atoms with Crippen LogP contribution in [0.4, 0.5) is 4.39 Å². The lowest BCUT2D eigenvalue weighted by Gasteiger charge is -2.32. The Labute approximate surface area is 158 Å². The number of nitrogens with zero attached hydrogens (tertiary/aromatic N) is 1. The highest BCUT2D eigenvalue weighted by Crippen LogP contribution is 2.54. The largest absolute Gasteiger partial charge is 0.349 e. The number of hydrogen-bond donors (Lipinski definition) is 1. The Morgan fingerprint density at radius 2 is 1.67 bits per heavy atom. The molecule has 5 nitrogen and oxygen atoms in total. The number of piperidine rings is 1. The van der Waals surface area contributed by atoms with E-state index in [2.05, 4.69) is 5.32 Å². The van der Waals surface area contributed by atoms with Crippen molar-refractivity contribution in [3.63, 3.8) is 0 Å². The minimum atomic E-state index is -3.61. The molecule has 7 heteroatoms. The van der Waals surface area contributed by atoms with Crippen LogP contribution in [-0.4, -0.2) is 37.8 Å². The van der Waals surface area contributed by atoms with Crippen molar-refractivity contribution in [2.75, 3.05) is 13.1 Å². The normalized spacial score (nSPS) is 21.7. The third-order valence-electron chi connectivity index (χ3n) is 5.70. The zero-order chi connectivity index (χ0) is 19.1. The van der Waals surface area contributed by atoms with Crippen molar-refractivity contribution in [1.82, 2.24) is 9.62 Å². The summed E-state index contributed by atoms with van der Waals surface area (Å²) in [6.45, 7) is 0.828. The average molecular weight is 388 g/mol. The Balaban J connectivity index is 1.37. The Bertz CT molecular complexity index is 937. The van der Waals surface area contributed by atoms with E-state index in [9.17, 15) is 17.6 Å². The molecule has 2 fully saturated rings. The fourth-order valence-electron chi connectivity index (χ4n) is 3.86. The maximum absolute atomic E-state index is 13.1. The molecular weight excluding hydrogens is 367 g/mol. The van der Waals surface area contributed by atoms with Crippen molar-refractivity contribution in [1.29, 1.82) is 0 Å². The molecule has 1 heterocycles. The van der Waals surface area contributed by atoms with Gasteiger partial charge in [-0.25, -0.2) is 12.8 Å².